The third-order valence-corrected chi connectivity index (χ3v) is 2.80. The van der Waals surface area contributed by atoms with Gasteiger partial charge in [0.25, 0.3) is 0 Å². The van der Waals surface area contributed by atoms with E-state index in [0.29, 0.717) is 6.42 Å². The van der Waals surface area contributed by atoms with Gasteiger partial charge in [-0.15, -0.1) is 0 Å². The number of carbonyl (C=O) groups is 1. The van der Waals surface area contributed by atoms with Gasteiger partial charge >= 0.3 is 0 Å². The van der Waals surface area contributed by atoms with Crippen molar-refractivity contribution in [2.45, 2.75) is 6.42 Å². The Bertz CT molecular complexity index is 529. The molecule has 92 valence electrons. The van der Waals surface area contributed by atoms with Crippen LogP contribution in [0.3, 0.4) is 0 Å². The van der Waals surface area contributed by atoms with Crippen molar-refractivity contribution in [3.05, 3.63) is 54.1 Å². The summed E-state index contributed by atoms with van der Waals surface area (Å²) in [7, 11) is 1.63. The lowest BCUT2D eigenvalue weighted by molar-refractivity contribution is -0.119. The Morgan fingerprint density at radius 3 is 2.00 bits per heavy atom. The molecule has 0 aliphatic heterocycles. The molecule has 0 aliphatic rings. The largest absolute Gasteiger partial charge is 0.508 e. The molecule has 2 aromatic carbocycles. The second-order valence-electron chi connectivity index (χ2n) is 4.09. The zero-order chi connectivity index (χ0) is 13.0. The molecular formula is C15H15NO2. The van der Waals surface area contributed by atoms with Crippen LogP contribution < -0.4 is 5.32 Å². The summed E-state index contributed by atoms with van der Waals surface area (Å²) in [5.74, 6) is 0.266. The van der Waals surface area contributed by atoms with Crippen molar-refractivity contribution in [3.63, 3.8) is 0 Å². The van der Waals surface area contributed by atoms with Gasteiger partial charge < -0.3 is 10.4 Å². The summed E-state index contributed by atoms with van der Waals surface area (Å²) in [5, 5.41) is 11.8. The third-order valence-electron chi connectivity index (χ3n) is 2.80. The molecule has 2 rings (SSSR count). The predicted octanol–water partition coefficient (Wildman–Crippen LogP) is 2.35. The fraction of sp³-hybridized carbons (Fsp3) is 0.133. The van der Waals surface area contributed by atoms with Crippen LogP contribution in [0.15, 0.2) is 48.5 Å². The Morgan fingerprint density at radius 2 is 1.50 bits per heavy atom. The Labute approximate surface area is 106 Å². The van der Waals surface area contributed by atoms with Gasteiger partial charge in [0.1, 0.15) is 5.75 Å². The number of phenols is 1. The molecule has 0 radical (unpaired) electrons. The Morgan fingerprint density at radius 1 is 1.00 bits per heavy atom. The standard InChI is InChI=1S/C15H15NO2/c1-16-15(18)10-11-2-4-12(5-3-11)13-6-8-14(17)9-7-13/h2-9,17H,10H2,1H3,(H,16,18). The zero-order valence-corrected chi connectivity index (χ0v) is 10.2. The number of amides is 1. The van der Waals surface area contributed by atoms with E-state index in [1.54, 1.807) is 19.2 Å². The van der Waals surface area contributed by atoms with Gasteiger partial charge in [0.15, 0.2) is 0 Å². The Hall–Kier alpha value is -2.29. The average molecular weight is 241 g/mol. The van der Waals surface area contributed by atoms with E-state index < -0.39 is 0 Å². The first kappa shape index (κ1) is 12.2. The van der Waals surface area contributed by atoms with Crippen LogP contribution >= 0.6 is 0 Å². The molecular weight excluding hydrogens is 226 g/mol. The molecule has 0 atom stereocenters. The van der Waals surface area contributed by atoms with Crippen LogP contribution in [-0.2, 0) is 11.2 Å². The molecule has 3 nitrogen and oxygen atoms in total. The highest BCUT2D eigenvalue weighted by molar-refractivity contribution is 5.78. The molecule has 0 heterocycles. The lowest BCUT2D eigenvalue weighted by atomic mass is 10.0. The minimum absolute atomic E-state index is 0.00684. The predicted molar refractivity (Wildman–Crippen MR) is 71.3 cm³/mol. The number of carbonyl (C=O) groups excluding carboxylic acids is 1. The van der Waals surface area contributed by atoms with Crippen molar-refractivity contribution < 1.29 is 9.90 Å². The number of phenolic OH excluding ortho intramolecular Hbond substituents is 1. The number of likely N-dealkylation sites (N-methyl/N-ethyl adjacent to an activating group) is 1. The maximum Gasteiger partial charge on any atom is 0.224 e. The maximum absolute atomic E-state index is 11.2. The van der Waals surface area contributed by atoms with E-state index in [1.807, 2.05) is 36.4 Å². The molecule has 0 spiro atoms. The summed E-state index contributed by atoms with van der Waals surface area (Å²) in [4.78, 5) is 11.2. The van der Waals surface area contributed by atoms with E-state index in [4.69, 9.17) is 0 Å². The highest BCUT2D eigenvalue weighted by atomic mass is 16.3. The van der Waals surface area contributed by atoms with Gasteiger partial charge in [-0.05, 0) is 28.8 Å². The van der Waals surface area contributed by atoms with Crippen molar-refractivity contribution in [1.29, 1.82) is 0 Å². The summed E-state index contributed by atoms with van der Waals surface area (Å²) < 4.78 is 0. The molecule has 0 saturated carbocycles. The molecule has 0 aromatic heterocycles. The molecule has 0 bridgehead atoms. The highest BCUT2D eigenvalue weighted by Gasteiger charge is 2.02. The van der Waals surface area contributed by atoms with Crippen molar-refractivity contribution in [2.75, 3.05) is 7.05 Å². The summed E-state index contributed by atoms with van der Waals surface area (Å²) >= 11 is 0. The molecule has 3 heteroatoms. The monoisotopic (exact) mass is 241 g/mol. The Kier molecular flexibility index (Phi) is 3.63. The number of hydrogen-bond donors (Lipinski definition) is 2. The molecule has 0 saturated heterocycles. The molecule has 0 aliphatic carbocycles. The summed E-state index contributed by atoms with van der Waals surface area (Å²) in [5.41, 5.74) is 3.09. The molecule has 0 fully saturated rings. The van der Waals surface area contributed by atoms with Crippen LogP contribution in [0.4, 0.5) is 0 Å². The maximum atomic E-state index is 11.2. The lowest BCUT2D eigenvalue weighted by Crippen LogP contribution is -2.19. The van der Waals surface area contributed by atoms with Crippen LogP contribution in [0, 0.1) is 0 Å². The van der Waals surface area contributed by atoms with Gasteiger partial charge in [-0.2, -0.15) is 0 Å². The number of hydrogen-bond acceptors (Lipinski definition) is 2. The van der Waals surface area contributed by atoms with Gasteiger partial charge in [-0.3, -0.25) is 4.79 Å². The first-order valence-corrected chi connectivity index (χ1v) is 5.78. The van der Waals surface area contributed by atoms with Crippen molar-refractivity contribution in [3.8, 4) is 16.9 Å². The lowest BCUT2D eigenvalue weighted by Gasteiger charge is -2.04. The fourth-order valence-electron chi connectivity index (χ4n) is 1.74. The van der Waals surface area contributed by atoms with Gasteiger partial charge in [0.2, 0.25) is 5.91 Å². The normalized spacial score (nSPS) is 10.1. The van der Waals surface area contributed by atoms with Gasteiger partial charge in [0.05, 0.1) is 6.42 Å². The van der Waals surface area contributed by atoms with Gasteiger partial charge in [-0.1, -0.05) is 36.4 Å². The quantitative estimate of drug-likeness (QED) is 0.866. The molecule has 2 N–H and O–H groups in total. The van der Waals surface area contributed by atoms with Crippen molar-refractivity contribution in [2.24, 2.45) is 0 Å². The van der Waals surface area contributed by atoms with E-state index in [0.717, 1.165) is 16.7 Å². The topological polar surface area (TPSA) is 49.3 Å². The zero-order valence-electron chi connectivity index (χ0n) is 10.2. The van der Waals surface area contributed by atoms with Crippen LogP contribution in [0.25, 0.3) is 11.1 Å². The van der Waals surface area contributed by atoms with Crippen LogP contribution in [0.1, 0.15) is 5.56 Å². The fourth-order valence-corrected chi connectivity index (χ4v) is 1.74. The number of benzene rings is 2. The smallest absolute Gasteiger partial charge is 0.224 e. The third kappa shape index (κ3) is 2.88. The second-order valence-corrected chi connectivity index (χ2v) is 4.09. The average Bonchev–Trinajstić information content (AvgIpc) is 2.40. The first-order chi connectivity index (χ1) is 8.69. The van der Waals surface area contributed by atoms with E-state index in [-0.39, 0.29) is 11.7 Å². The number of nitrogens with one attached hydrogen (secondary N) is 1. The summed E-state index contributed by atoms with van der Waals surface area (Å²) in [6, 6.07) is 14.9. The number of rotatable bonds is 3. The van der Waals surface area contributed by atoms with E-state index in [1.165, 1.54) is 0 Å². The van der Waals surface area contributed by atoms with Crippen molar-refractivity contribution in [1.82, 2.24) is 5.32 Å². The van der Waals surface area contributed by atoms with Crippen LogP contribution in [0.5, 0.6) is 5.75 Å². The first-order valence-electron chi connectivity index (χ1n) is 5.78. The van der Waals surface area contributed by atoms with Crippen molar-refractivity contribution >= 4 is 5.91 Å². The SMILES string of the molecule is CNC(=O)Cc1ccc(-c2ccc(O)cc2)cc1. The summed E-state index contributed by atoms with van der Waals surface area (Å²) in [6.45, 7) is 0. The van der Waals surface area contributed by atoms with E-state index >= 15 is 0 Å². The molecule has 2 aromatic rings. The van der Waals surface area contributed by atoms with E-state index in [9.17, 15) is 9.90 Å². The molecule has 1 amide bonds. The second kappa shape index (κ2) is 5.36. The van der Waals surface area contributed by atoms with Gasteiger partial charge in [-0.25, -0.2) is 0 Å². The molecule has 18 heavy (non-hydrogen) atoms. The Balaban J connectivity index is 2.17. The van der Waals surface area contributed by atoms with Gasteiger partial charge in [0, 0.05) is 7.05 Å². The minimum Gasteiger partial charge on any atom is -0.508 e. The summed E-state index contributed by atoms with van der Waals surface area (Å²) in [6.07, 6.45) is 0.395. The highest BCUT2D eigenvalue weighted by Crippen LogP contribution is 2.22. The van der Waals surface area contributed by atoms with Crippen LogP contribution in [0.2, 0.25) is 0 Å². The number of aromatic hydroxyl groups is 1. The molecule has 0 unspecified atom stereocenters. The van der Waals surface area contributed by atoms with Crippen LogP contribution in [-0.4, -0.2) is 18.1 Å². The van der Waals surface area contributed by atoms with E-state index in [2.05, 4.69) is 5.32 Å². The minimum atomic E-state index is 0.00684.